The first kappa shape index (κ1) is 27.0. The lowest BCUT2D eigenvalue weighted by molar-refractivity contribution is -0.123. The molecule has 1 amide bonds. The van der Waals surface area contributed by atoms with Crippen LogP contribution in [0.25, 0.3) is 11.0 Å². The van der Waals surface area contributed by atoms with Gasteiger partial charge in [0.05, 0.1) is 24.8 Å². The Hall–Kier alpha value is -4.00. The van der Waals surface area contributed by atoms with Crippen molar-refractivity contribution in [3.63, 3.8) is 0 Å². The molecule has 4 rings (SSSR count). The number of aryl methyl sites for hydroxylation is 4. The number of hydrogen-bond acceptors (Lipinski definition) is 5. The largest absolute Gasteiger partial charge is 0.497 e. The second-order valence-corrected chi connectivity index (χ2v) is 9.41. The van der Waals surface area contributed by atoms with Crippen LogP contribution >= 0.6 is 0 Å². The Morgan fingerprint density at radius 1 is 0.921 bits per heavy atom. The smallest absolute Gasteiger partial charge is 0.257 e. The van der Waals surface area contributed by atoms with E-state index in [0.717, 1.165) is 77.5 Å². The number of methoxy groups -OCH3 is 1. The number of ether oxygens (including phenoxy) is 3. The SMILES string of the molecule is COc1ccc(OCCCCn2c(CCCNC(=O)COc3cc(C)ccc3C)nc3ccccc32)cc1. The van der Waals surface area contributed by atoms with Gasteiger partial charge in [-0.05, 0) is 86.7 Å². The van der Waals surface area contributed by atoms with Gasteiger partial charge in [0.1, 0.15) is 23.1 Å². The van der Waals surface area contributed by atoms with Crippen molar-refractivity contribution < 1.29 is 19.0 Å². The van der Waals surface area contributed by atoms with Crippen molar-refractivity contribution in [1.29, 1.82) is 0 Å². The zero-order valence-electron chi connectivity index (χ0n) is 22.5. The molecule has 0 radical (unpaired) electrons. The number of nitrogens with one attached hydrogen (secondary N) is 1. The zero-order chi connectivity index (χ0) is 26.7. The van der Waals surface area contributed by atoms with E-state index in [-0.39, 0.29) is 12.5 Å². The minimum Gasteiger partial charge on any atom is -0.497 e. The van der Waals surface area contributed by atoms with Crippen LogP contribution < -0.4 is 19.5 Å². The summed E-state index contributed by atoms with van der Waals surface area (Å²) >= 11 is 0. The molecular weight excluding hydrogens is 478 g/mol. The number of amides is 1. The van der Waals surface area contributed by atoms with Gasteiger partial charge in [-0.25, -0.2) is 4.98 Å². The van der Waals surface area contributed by atoms with Crippen LogP contribution in [0, 0.1) is 13.8 Å². The van der Waals surface area contributed by atoms with Crippen molar-refractivity contribution in [2.45, 2.75) is 46.1 Å². The van der Waals surface area contributed by atoms with E-state index in [2.05, 4.69) is 22.0 Å². The molecule has 0 aliphatic rings. The maximum Gasteiger partial charge on any atom is 0.257 e. The van der Waals surface area contributed by atoms with Crippen molar-refractivity contribution in [2.75, 3.05) is 26.9 Å². The normalized spacial score (nSPS) is 10.9. The van der Waals surface area contributed by atoms with E-state index in [4.69, 9.17) is 19.2 Å². The lowest BCUT2D eigenvalue weighted by Crippen LogP contribution is -2.30. The Bertz CT molecular complexity index is 1330. The van der Waals surface area contributed by atoms with Crippen LogP contribution in [0.3, 0.4) is 0 Å². The van der Waals surface area contributed by atoms with Gasteiger partial charge < -0.3 is 24.1 Å². The van der Waals surface area contributed by atoms with Crippen LogP contribution in [0.5, 0.6) is 17.2 Å². The molecule has 4 aromatic rings. The molecule has 38 heavy (non-hydrogen) atoms. The Morgan fingerprint density at radius 2 is 1.71 bits per heavy atom. The van der Waals surface area contributed by atoms with Crippen molar-refractivity contribution in [1.82, 2.24) is 14.9 Å². The minimum absolute atomic E-state index is 0.0153. The molecular formula is C31H37N3O4. The average molecular weight is 516 g/mol. The summed E-state index contributed by atoms with van der Waals surface area (Å²) in [7, 11) is 1.66. The van der Waals surface area contributed by atoms with Crippen LogP contribution in [-0.2, 0) is 17.8 Å². The highest BCUT2D eigenvalue weighted by Crippen LogP contribution is 2.20. The number of hydrogen-bond donors (Lipinski definition) is 1. The molecule has 0 fully saturated rings. The lowest BCUT2D eigenvalue weighted by Gasteiger charge is -2.11. The first-order chi connectivity index (χ1) is 18.5. The molecule has 0 saturated heterocycles. The maximum atomic E-state index is 12.3. The molecule has 200 valence electrons. The third-order valence-electron chi connectivity index (χ3n) is 6.44. The standard InChI is InChI=1S/C31H37N3O4/c1-23-12-13-24(2)29(21-23)38-22-31(35)32-18-8-11-30-33-27-9-4-5-10-28(27)34(30)19-6-7-20-37-26-16-14-25(36-3)15-17-26/h4-5,9-10,12-17,21H,6-8,11,18-20,22H2,1-3H3,(H,32,35). The number of nitrogens with zero attached hydrogens (tertiary/aromatic N) is 2. The predicted octanol–water partition coefficient (Wildman–Crippen LogP) is 5.65. The van der Waals surface area contributed by atoms with Crippen LogP contribution in [0.15, 0.2) is 66.7 Å². The van der Waals surface area contributed by atoms with E-state index in [1.807, 2.05) is 68.4 Å². The van der Waals surface area contributed by atoms with E-state index >= 15 is 0 Å². The molecule has 0 saturated carbocycles. The van der Waals surface area contributed by atoms with Crippen molar-refractivity contribution >= 4 is 16.9 Å². The first-order valence-electron chi connectivity index (χ1n) is 13.2. The Morgan fingerprint density at radius 3 is 2.53 bits per heavy atom. The van der Waals surface area contributed by atoms with E-state index in [0.29, 0.717) is 13.2 Å². The minimum atomic E-state index is -0.115. The number of benzene rings is 3. The fraction of sp³-hybridized carbons (Fsp3) is 0.355. The van der Waals surface area contributed by atoms with E-state index in [1.165, 1.54) is 0 Å². The number of carbonyl (C=O) groups is 1. The predicted molar refractivity (Wildman–Crippen MR) is 150 cm³/mol. The highest BCUT2D eigenvalue weighted by Gasteiger charge is 2.11. The number of carbonyl (C=O) groups excluding carboxylic acids is 1. The quantitative estimate of drug-likeness (QED) is 0.220. The molecule has 0 atom stereocenters. The number of unbranched alkanes of at least 4 members (excludes halogenated alkanes) is 1. The number of imidazole rings is 1. The number of para-hydroxylation sites is 2. The Labute approximate surface area is 224 Å². The summed E-state index contributed by atoms with van der Waals surface area (Å²) in [5.74, 6) is 3.35. The highest BCUT2D eigenvalue weighted by atomic mass is 16.5. The first-order valence-corrected chi connectivity index (χ1v) is 13.2. The molecule has 1 heterocycles. The Kier molecular flexibility index (Phi) is 9.62. The maximum absolute atomic E-state index is 12.3. The molecule has 0 unspecified atom stereocenters. The van der Waals surface area contributed by atoms with Crippen molar-refractivity contribution in [3.8, 4) is 17.2 Å². The highest BCUT2D eigenvalue weighted by molar-refractivity contribution is 5.77. The summed E-state index contributed by atoms with van der Waals surface area (Å²) in [6.45, 7) is 6.11. The second-order valence-electron chi connectivity index (χ2n) is 9.41. The van der Waals surface area contributed by atoms with Gasteiger partial charge in [0.2, 0.25) is 0 Å². The Balaban J connectivity index is 1.23. The molecule has 0 spiro atoms. The van der Waals surface area contributed by atoms with Crippen LogP contribution in [0.1, 0.15) is 36.2 Å². The van der Waals surface area contributed by atoms with E-state index in [9.17, 15) is 4.79 Å². The third-order valence-corrected chi connectivity index (χ3v) is 6.44. The zero-order valence-corrected chi connectivity index (χ0v) is 22.5. The molecule has 0 aliphatic heterocycles. The monoisotopic (exact) mass is 515 g/mol. The molecule has 7 heteroatoms. The average Bonchev–Trinajstić information content (AvgIpc) is 3.29. The third kappa shape index (κ3) is 7.51. The summed E-state index contributed by atoms with van der Waals surface area (Å²) in [5.41, 5.74) is 4.28. The summed E-state index contributed by atoms with van der Waals surface area (Å²) < 4.78 is 19.1. The molecule has 1 aromatic heterocycles. The second kappa shape index (κ2) is 13.5. The van der Waals surface area contributed by atoms with Crippen LogP contribution in [0.4, 0.5) is 0 Å². The van der Waals surface area contributed by atoms with Gasteiger partial charge in [-0.1, -0.05) is 24.3 Å². The molecule has 0 bridgehead atoms. The molecule has 0 aliphatic carbocycles. The fourth-order valence-corrected chi connectivity index (χ4v) is 4.33. The number of fused-ring (bicyclic) bond motifs is 1. The lowest BCUT2D eigenvalue weighted by atomic mass is 10.1. The van der Waals surface area contributed by atoms with Crippen molar-refractivity contribution in [3.05, 3.63) is 83.7 Å². The van der Waals surface area contributed by atoms with Crippen LogP contribution in [0.2, 0.25) is 0 Å². The summed E-state index contributed by atoms with van der Waals surface area (Å²) in [6, 6.07) is 21.9. The van der Waals surface area contributed by atoms with Gasteiger partial charge in [0.15, 0.2) is 6.61 Å². The number of aromatic nitrogens is 2. The topological polar surface area (TPSA) is 74.6 Å². The molecule has 7 nitrogen and oxygen atoms in total. The van der Waals surface area contributed by atoms with Gasteiger partial charge in [-0.3, -0.25) is 4.79 Å². The summed E-state index contributed by atoms with van der Waals surface area (Å²) in [6.07, 6.45) is 3.51. The van der Waals surface area contributed by atoms with Gasteiger partial charge >= 0.3 is 0 Å². The number of rotatable bonds is 14. The van der Waals surface area contributed by atoms with E-state index < -0.39 is 0 Å². The molecule has 3 aromatic carbocycles. The van der Waals surface area contributed by atoms with Gasteiger partial charge in [0, 0.05) is 19.5 Å². The van der Waals surface area contributed by atoms with Crippen LogP contribution in [-0.4, -0.2) is 42.3 Å². The summed E-state index contributed by atoms with van der Waals surface area (Å²) in [4.78, 5) is 17.2. The van der Waals surface area contributed by atoms with Gasteiger partial charge in [-0.15, -0.1) is 0 Å². The fourth-order valence-electron chi connectivity index (χ4n) is 4.33. The van der Waals surface area contributed by atoms with Gasteiger partial charge in [-0.2, -0.15) is 0 Å². The summed E-state index contributed by atoms with van der Waals surface area (Å²) in [5, 5.41) is 2.97. The van der Waals surface area contributed by atoms with Crippen molar-refractivity contribution in [2.24, 2.45) is 0 Å². The van der Waals surface area contributed by atoms with Gasteiger partial charge in [0.25, 0.3) is 5.91 Å². The van der Waals surface area contributed by atoms with E-state index in [1.54, 1.807) is 7.11 Å². The molecule has 1 N–H and O–H groups in total.